The number of aromatic nitrogens is 2. The van der Waals surface area contributed by atoms with Crippen LogP contribution in [0, 0.1) is 11.6 Å². The van der Waals surface area contributed by atoms with Gasteiger partial charge in [-0.25, -0.2) is 13.5 Å². The summed E-state index contributed by atoms with van der Waals surface area (Å²) in [4.78, 5) is 10.4. The number of halogens is 2. The highest BCUT2D eigenvalue weighted by Gasteiger charge is 2.05. The Hall–Kier alpha value is -2.04. The zero-order chi connectivity index (χ0) is 10.8. The standard InChI is InChI=1S/C10H6F2N2O/c11-8-4-13-14(5-8)9-2-1-7(6-15)10(12)3-9/h1-6H. The van der Waals surface area contributed by atoms with Crippen molar-refractivity contribution in [2.24, 2.45) is 0 Å². The van der Waals surface area contributed by atoms with Gasteiger partial charge in [-0.1, -0.05) is 0 Å². The second-order valence-electron chi connectivity index (χ2n) is 2.93. The molecule has 0 amide bonds. The van der Waals surface area contributed by atoms with Crippen molar-refractivity contribution >= 4 is 6.29 Å². The normalized spacial score (nSPS) is 10.3. The smallest absolute Gasteiger partial charge is 0.161 e. The van der Waals surface area contributed by atoms with E-state index in [1.54, 1.807) is 0 Å². The average Bonchev–Trinajstić information content (AvgIpc) is 2.65. The van der Waals surface area contributed by atoms with Crippen LogP contribution < -0.4 is 0 Å². The molecule has 3 nitrogen and oxygen atoms in total. The summed E-state index contributed by atoms with van der Waals surface area (Å²) in [6.45, 7) is 0. The predicted molar refractivity (Wildman–Crippen MR) is 48.9 cm³/mol. The average molecular weight is 208 g/mol. The van der Waals surface area contributed by atoms with Crippen molar-refractivity contribution in [1.82, 2.24) is 9.78 Å². The van der Waals surface area contributed by atoms with Gasteiger partial charge in [0.15, 0.2) is 12.1 Å². The number of hydrogen-bond acceptors (Lipinski definition) is 2. The highest BCUT2D eigenvalue weighted by Crippen LogP contribution is 2.12. The molecule has 5 heteroatoms. The molecule has 0 radical (unpaired) electrons. The van der Waals surface area contributed by atoms with Crippen molar-refractivity contribution in [3.05, 3.63) is 47.8 Å². The molecule has 2 aromatic rings. The minimum absolute atomic E-state index is 0.0358. The Kier molecular flexibility index (Phi) is 2.29. The summed E-state index contributed by atoms with van der Waals surface area (Å²) >= 11 is 0. The zero-order valence-electron chi connectivity index (χ0n) is 7.52. The third kappa shape index (κ3) is 1.76. The van der Waals surface area contributed by atoms with Crippen molar-refractivity contribution in [3.8, 4) is 5.69 Å². The monoisotopic (exact) mass is 208 g/mol. The Morgan fingerprint density at radius 2 is 2.13 bits per heavy atom. The van der Waals surface area contributed by atoms with Crippen LogP contribution in [0.2, 0.25) is 0 Å². The topological polar surface area (TPSA) is 34.9 Å². The third-order valence-electron chi connectivity index (χ3n) is 1.93. The van der Waals surface area contributed by atoms with Gasteiger partial charge >= 0.3 is 0 Å². The van der Waals surface area contributed by atoms with E-state index in [1.807, 2.05) is 0 Å². The Morgan fingerprint density at radius 1 is 1.33 bits per heavy atom. The van der Waals surface area contributed by atoms with Crippen molar-refractivity contribution in [2.75, 3.05) is 0 Å². The molecule has 0 unspecified atom stereocenters. The summed E-state index contributed by atoms with van der Waals surface area (Å²) in [5, 5.41) is 3.67. The molecule has 1 aromatic carbocycles. The Bertz CT molecular complexity index is 508. The lowest BCUT2D eigenvalue weighted by Crippen LogP contribution is -1.97. The molecular formula is C10H6F2N2O. The van der Waals surface area contributed by atoms with E-state index in [1.165, 1.54) is 16.8 Å². The second kappa shape index (κ2) is 3.61. The number of benzene rings is 1. The molecule has 0 aliphatic carbocycles. The Labute approximate surface area is 84.0 Å². The van der Waals surface area contributed by atoms with Gasteiger partial charge < -0.3 is 0 Å². The van der Waals surface area contributed by atoms with Gasteiger partial charge in [-0.05, 0) is 12.1 Å². The van der Waals surface area contributed by atoms with Crippen LogP contribution in [-0.4, -0.2) is 16.1 Å². The van der Waals surface area contributed by atoms with Crippen LogP contribution in [-0.2, 0) is 0 Å². The lowest BCUT2D eigenvalue weighted by molar-refractivity contribution is 0.112. The first kappa shape index (κ1) is 9.51. The number of aldehydes is 1. The molecule has 0 bridgehead atoms. The fourth-order valence-corrected chi connectivity index (χ4v) is 1.20. The highest BCUT2D eigenvalue weighted by molar-refractivity contribution is 5.75. The summed E-state index contributed by atoms with van der Waals surface area (Å²) in [5.41, 5.74) is 0.327. The summed E-state index contributed by atoms with van der Waals surface area (Å²) in [7, 11) is 0. The number of nitrogens with zero attached hydrogens (tertiary/aromatic N) is 2. The van der Waals surface area contributed by atoms with Gasteiger partial charge in [0.1, 0.15) is 5.82 Å². The van der Waals surface area contributed by atoms with Gasteiger partial charge in [0, 0.05) is 6.07 Å². The fraction of sp³-hybridized carbons (Fsp3) is 0. The van der Waals surface area contributed by atoms with Gasteiger partial charge in [0.05, 0.1) is 23.6 Å². The highest BCUT2D eigenvalue weighted by atomic mass is 19.1. The lowest BCUT2D eigenvalue weighted by Gasteiger charge is -2.01. The van der Waals surface area contributed by atoms with Crippen LogP contribution in [0.4, 0.5) is 8.78 Å². The first-order valence-corrected chi connectivity index (χ1v) is 4.16. The summed E-state index contributed by atoms with van der Waals surface area (Å²) in [5.74, 6) is -1.16. The quantitative estimate of drug-likeness (QED) is 0.707. The summed E-state index contributed by atoms with van der Waals surface area (Å²) < 4.78 is 27.0. The summed E-state index contributed by atoms with van der Waals surface area (Å²) in [6, 6.07) is 3.92. The molecule has 1 heterocycles. The predicted octanol–water partition coefficient (Wildman–Crippen LogP) is 1.96. The van der Waals surface area contributed by atoms with E-state index < -0.39 is 11.6 Å². The SMILES string of the molecule is O=Cc1ccc(-n2cc(F)cn2)cc1F. The van der Waals surface area contributed by atoms with Crippen LogP contribution in [0.25, 0.3) is 5.69 Å². The second-order valence-corrected chi connectivity index (χ2v) is 2.93. The molecule has 0 fully saturated rings. The lowest BCUT2D eigenvalue weighted by atomic mass is 10.2. The van der Waals surface area contributed by atoms with Gasteiger partial charge in [-0.3, -0.25) is 4.79 Å². The molecule has 0 atom stereocenters. The molecule has 1 aromatic heterocycles. The zero-order valence-corrected chi connectivity index (χ0v) is 7.52. The molecule has 0 spiro atoms. The van der Waals surface area contributed by atoms with Crippen LogP contribution in [0.5, 0.6) is 0 Å². The van der Waals surface area contributed by atoms with E-state index in [9.17, 15) is 13.6 Å². The molecule has 2 rings (SSSR count). The minimum atomic E-state index is -0.654. The molecule has 0 saturated heterocycles. The summed E-state index contributed by atoms with van der Waals surface area (Å²) in [6.07, 6.45) is 2.56. The van der Waals surface area contributed by atoms with Crippen LogP contribution in [0.15, 0.2) is 30.6 Å². The maximum Gasteiger partial charge on any atom is 0.161 e. The van der Waals surface area contributed by atoms with E-state index in [2.05, 4.69) is 5.10 Å². The Morgan fingerprint density at radius 3 is 2.67 bits per heavy atom. The molecule has 0 saturated carbocycles. The third-order valence-corrected chi connectivity index (χ3v) is 1.93. The maximum atomic E-state index is 13.2. The van der Waals surface area contributed by atoms with Crippen molar-refractivity contribution in [3.63, 3.8) is 0 Å². The first-order chi connectivity index (χ1) is 7.20. The van der Waals surface area contributed by atoms with E-state index in [0.29, 0.717) is 12.0 Å². The van der Waals surface area contributed by atoms with Crippen molar-refractivity contribution in [1.29, 1.82) is 0 Å². The first-order valence-electron chi connectivity index (χ1n) is 4.16. The number of rotatable bonds is 2. The molecular weight excluding hydrogens is 202 g/mol. The maximum absolute atomic E-state index is 13.2. The van der Waals surface area contributed by atoms with E-state index in [-0.39, 0.29) is 5.56 Å². The molecule has 0 N–H and O–H groups in total. The number of carbonyl (C=O) groups is 1. The molecule has 0 aliphatic rings. The Balaban J connectivity index is 2.46. The molecule has 76 valence electrons. The minimum Gasteiger partial charge on any atom is -0.298 e. The largest absolute Gasteiger partial charge is 0.298 e. The van der Waals surface area contributed by atoms with E-state index >= 15 is 0 Å². The number of hydrogen-bond donors (Lipinski definition) is 0. The van der Waals surface area contributed by atoms with Crippen molar-refractivity contribution < 1.29 is 13.6 Å². The van der Waals surface area contributed by atoms with Gasteiger partial charge in [-0.15, -0.1) is 0 Å². The van der Waals surface area contributed by atoms with Crippen LogP contribution in [0.3, 0.4) is 0 Å². The van der Waals surface area contributed by atoms with Gasteiger partial charge in [0.2, 0.25) is 0 Å². The van der Waals surface area contributed by atoms with Gasteiger partial charge in [0.25, 0.3) is 0 Å². The van der Waals surface area contributed by atoms with E-state index in [0.717, 1.165) is 18.5 Å². The molecule has 0 aliphatic heterocycles. The van der Waals surface area contributed by atoms with E-state index in [4.69, 9.17) is 0 Å². The molecule has 15 heavy (non-hydrogen) atoms. The number of carbonyl (C=O) groups excluding carboxylic acids is 1. The fourth-order valence-electron chi connectivity index (χ4n) is 1.20. The van der Waals surface area contributed by atoms with Crippen LogP contribution >= 0.6 is 0 Å². The van der Waals surface area contributed by atoms with Crippen molar-refractivity contribution in [2.45, 2.75) is 0 Å². The van der Waals surface area contributed by atoms with Crippen LogP contribution in [0.1, 0.15) is 10.4 Å². The van der Waals surface area contributed by atoms with Gasteiger partial charge in [-0.2, -0.15) is 5.10 Å².